The number of hydrogen-bond donors (Lipinski definition) is 1. The van der Waals surface area contributed by atoms with E-state index in [0.717, 1.165) is 78.3 Å². The van der Waals surface area contributed by atoms with Gasteiger partial charge in [-0.15, -0.1) is 0 Å². The lowest BCUT2D eigenvalue weighted by Gasteiger charge is -2.11. The molecule has 1 N–H and O–H groups in total. The van der Waals surface area contributed by atoms with E-state index in [1.54, 1.807) is 0 Å². The third kappa shape index (κ3) is 7.59. The van der Waals surface area contributed by atoms with Crippen molar-refractivity contribution in [3.05, 3.63) is 94.3 Å². The highest BCUT2D eigenvalue weighted by atomic mass is 35.5. The van der Waals surface area contributed by atoms with Crippen molar-refractivity contribution in [3.63, 3.8) is 0 Å². The topological polar surface area (TPSA) is 56.2 Å². The summed E-state index contributed by atoms with van der Waals surface area (Å²) in [6.45, 7) is 6.30. The summed E-state index contributed by atoms with van der Waals surface area (Å²) in [6, 6.07) is 21.8. The Morgan fingerprint density at radius 2 is 1.76 bits per heavy atom. The molecule has 194 valence electrons. The molecule has 6 heteroatoms. The first-order chi connectivity index (χ1) is 18.0. The maximum Gasteiger partial charge on any atom is 0.251 e. The molecular weight excluding hydrogens is 482 g/mol. The van der Waals surface area contributed by atoms with Gasteiger partial charge in [-0.3, -0.25) is 4.79 Å². The Morgan fingerprint density at radius 1 is 0.946 bits per heavy atom. The number of unbranched alkanes of at least 4 members (excludes halogenated alkanes) is 3. The third-order valence-electron chi connectivity index (χ3n) is 6.58. The zero-order valence-corrected chi connectivity index (χ0v) is 22.6. The van der Waals surface area contributed by atoms with Crippen LogP contribution in [0.5, 0.6) is 5.75 Å². The number of aryl methyl sites for hydroxylation is 4. The molecule has 0 saturated carbocycles. The Balaban J connectivity index is 1.22. The monoisotopic (exact) mass is 517 g/mol. The molecule has 0 aliphatic heterocycles. The predicted molar refractivity (Wildman–Crippen MR) is 152 cm³/mol. The highest BCUT2D eigenvalue weighted by molar-refractivity contribution is 6.31. The van der Waals surface area contributed by atoms with Crippen molar-refractivity contribution in [1.82, 2.24) is 14.9 Å². The summed E-state index contributed by atoms with van der Waals surface area (Å²) in [4.78, 5) is 17.2. The fraction of sp³-hybridized carbons (Fsp3) is 0.355. The minimum atomic E-state index is -0.00281. The standard InChI is InChI=1S/C31H36ClN3O2/c1-23-13-15-25(16-14-23)31(36)33-19-7-3-4-12-30-34-28-10-5-6-11-29(28)35(30)20-8-9-21-37-26-17-18-27(32)24(2)22-26/h5-6,10-11,13-18,22H,3-4,7-9,12,19-21H2,1-2H3,(H,33,36). The van der Waals surface area contributed by atoms with Crippen molar-refractivity contribution in [2.45, 2.75) is 58.9 Å². The highest BCUT2D eigenvalue weighted by Crippen LogP contribution is 2.22. The van der Waals surface area contributed by atoms with Gasteiger partial charge in [0.25, 0.3) is 5.91 Å². The van der Waals surface area contributed by atoms with Gasteiger partial charge in [-0.2, -0.15) is 0 Å². The molecule has 1 heterocycles. The van der Waals surface area contributed by atoms with E-state index < -0.39 is 0 Å². The Bertz CT molecular complexity index is 1310. The maximum atomic E-state index is 12.3. The number of carbonyl (C=O) groups is 1. The normalized spacial score (nSPS) is 11.1. The summed E-state index contributed by atoms with van der Waals surface area (Å²) in [7, 11) is 0. The van der Waals surface area contributed by atoms with Gasteiger partial charge in [0.2, 0.25) is 0 Å². The fourth-order valence-electron chi connectivity index (χ4n) is 4.43. The number of fused-ring (bicyclic) bond motifs is 1. The van der Waals surface area contributed by atoms with E-state index in [1.165, 1.54) is 5.52 Å². The molecule has 4 rings (SSSR count). The van der Waals surface area contributed by atoms with Crippen LogP contribution in [0.25, 0.3) is 11.0 Å². The Hall–Kier alpha value is -3.31. The number of ether oxygens (including phenoxy) is 1. The van der Waals surface area contributed by atoms with Crippen molar-refractivity contribution in [2.24, 2.45) is 0 Å². The van der Waals surface area contributed by atoms with Crippen LogP contribution < -0.4 is 10.1 Å². The number of imidazole rings is 1. The van der Waals surface area contributed by atoms with Crippen molar-refractivity contribution in [1.29, 1.82) is 0 Å². The average Bonchev–Trinajstić information content (AvgIpc) is 3.25. The second-order valence-corrected chi connectivity index (χ2v) is 9.97. The third-order valence-corrected chi connectivity index (χ3v) is 7.01. The van der Waals surface area contributed by atoms with E-state index >= 15 is 0 Å². The minimum absolute atomic E-state index is 0.00281. The zero-order valence-electron chi connectivity index (χ0n) is 21.8. The van der Waals surface area contributed by atoms with E-state index in [1.807, 2.05) is 62.4 Å². The Morgan fingerprint density at radius 3 is 2.57 bits per heavy atom. The first-order valence-corrected chi connectivity index (χ1v) is 13.6. The van der Waals surface area contributed by atoms with E-state index in [0.29, 0.717) is 18.7 Å². The molecule has 0 saturated heterocycles. The molecule has 0 unspecified atom stereocenters. The Kier molecular flexibility index (Phi) is 9.61. The van der Waals surface area contributed by atoms with E-state index in [9.17, 15) is 4.79 Å². The number of rotatable bonds is 13. The molecule has 5 nitrogen and oxygen atoms in total. The number of hydrogen-bond acceptors (Lipinski definition) is 3. The minimum Gasteiger partial charge on any atom is -0.494 e. The fourth-order valence-corrected chi connectivity index (χ4v) is 4.55. The molecule has 1 aromatic heterocycles. The molecule has 1 amide bonds. The van der Waals surface area contributed by atoms with Crippen LogP contribution in [0, 0.1) is 13.8 Å². The summed E-state index contributed by atoms with van der Waals surface area (Å²) in [5, 5.41) is 3.79. The molecule has 0 spiro atoms. The van der Waals surface area contributed by atoms with Crippen LogP contribution in [-0.4, -0.2) is 28.6 Å². The van der Waals surface area contributed by atoms with Gasteiger partial charge in [0.1, 0.15) is 11.6 Å². The van der Waals surface area contributed by atoms with Gasteiger partial charge < -0.3 is 14.6 Å². The van der Waals surface area contributed by atoms with E-state index in [2.05, 4.69) is 28.1 Å². The maximum absolute atomic E-state index is 12.3. The smallest absolute Gasteiger partial charge is 0.251 e. The number of carbonyl (C=O) groups excluding carboxylic acids is 1. The molecule has 0 fully saturated rings. The van der Waals surface area contributed by atoms with Crippen LogP contribution in [0.15, 0.2) is 66.7 Å². The molecule has 37 heavy (non-hydrogen) atoms. The molecule has 0 bridgehead atoms. The van der Waals surface area contributed by atoms with Gasteiger partial charge in [-0.05, 0) is 87.6 Å². The zero-order chi connectivity index (χ0) is 26.0. The lowest BCUT2D eigenvalue weighted by molar-refractivity contribution is 0.0953. The first kappa shape index (κ1) is 26.7. The van der Waals surface area contributed by atoms with Crippen LogP contribution in [0.2, 0.25) is 5.02 Å². The number of para-hydroxylation sites is 2. The molecular formula is C31H36ClN3O2. The lowest BCUT2D eigenvalue weighted by atomic mass is 10.1. The molecule has 0 atom stereocenters. The summed E-state index contributed by atoms with van der Waals surface area (Å²) in [5.74, 6) is 2.00. The number of aromatic nitrogens is 2. The van der Waals surface area contributed by atoms with Crippen LogP contribution in [0.1, 0.15) is 59.4 Å². The van der Waals surface area contributed by atoms with Crippen molar-refractivity contribution in [2.75, 3.05) is 13.2 Å². The van der Waals surface area contributed by atoms with Gasteiger partial charge >= 0.3 is 0 Å². The van der Waals surface area contributed by atoms with Crippen LogP contribution >= 0.6 is 11.6 Å². The van der Waals surface area contributed by atoms with Gasteiger partial charge in [0.15, 0.2) is 0 Å². The van der Waals surface area contributed by atoms with Crippen LogP contribution in [-0.2, 0) is 13.0 Å². The summed E-state index contributed by atoms with van der Waals surface area (Å²) >= 11 is 6.10. The molecule has 3 aromatic carbocycles. The van der Waals surface area contributed by atoms with E-state index in [-0.39, 0.29) is 5.91 Å². The van der Waals surface area contributed by atoms with Gasteiger partial charge in [-0.25, -0.2) is 4.98 Å². The SMILES string of the molecule is Cc1ccc(C(=O)NCCCCCc2nc3ccccc3n2CCCCOc2ccc(Cl)c(C)c2)cc1. The van der Waals surface area contributed by atoms with Crippen molar-refractivity contribution >= 4 is 28.5 Å². The summed E-state index contributed by atoms with van der Waals surface area (Å²) in [5.41, 5.74) is 5.15. The molecule has 0 radical (unpaired) electrons. The molecule has 0 aliphatic carbocycles. The highest BCUT2D eigenvalue weighted by Gasteiger charge is 2.10. The van der Waals surface area contributed by atoms with Crippen LogP contribution in [0.4, 0.5) is 0 Å². The number of halogens is 1. The number of benzene rings is 3. The van der Waals surface area contributed by atoms with E-state index in [4.69, 9.17) is 21.3 Å². The summed E-state index contributed by atoms with van der Waals surface area (Å²) < 4.78 is 8.28. The van der Waals surface area contributed by atoms with Crippen LogP contribution in [0.3, 0.4) is 0 Å². The largest absolute Gasteiger partial charge is 0.494 e. The quantitative estimate of drug-likeness (QED) is 0.189. The number of amides is 1. The molecule has 4 aromatic rings. The van der Waals surface area contributed by atoms with Crippen molar-refractivity contribution < 1.29 is 9.53 Å². The number of nitrogens with one attached hydrogen (secondary N) is 1. The van der Waals surface area contributed by atoms with Gasteiger partial charge in [0.05, 0.1) is 17.6 Å². The molecule has 0 aliphatic rings. The van der Waals surface area contributed by atoms with Crippen molar-refractivity contribution in [3.8, 4) is 5.75 Å². The second kappa shape index (κ2) is 13.3. The predicted octanol–water partition coefficient (Wildman–Crippen LogP) is 7.31. The lowest BCUT2D eigenvalue weighted by Crippen LogP contribution is -2.24. The second-order valence-electron chi connectivity index (χ2n) is 9.57. The Labute approximate surface area is 224 Å². The first-order valence-electron chi connectivity index (χ1n) is 13.2. The van der Waals surface area contributed by atoms with Gasteiger partial charge in [-0.1, -0.05) is 47.9 Å². The van der Waals surface area contributed by atoms with Gasteiger partial charge in [0, 0.05) is 30.1 Å². The summed E-state index contributed by atoms with van der Waals surface area (Å²) in [6.07, 6.45) is 5.97. The average molecular weight is 518 g/mol. The number of nitrogens with zero attached hydrogens (tertiary/aromatic N) is 2.